The van der Waals surface area contributed by atoms with Crippen LogP contribution in [0.5, 0.6) is 0 Å². The van der Waals surface area contributed by atoms with E-state index in [4.69, 9.17) is 0 Å². The molecule has 0 radical (unpaired) electrons. The molecule has 0 bridgehead atoms. The third kappa shape index (κ3) is 1.64. The van der Waals surface area contributed by atoms with Gasteiger partial charge < -0.3 is 9.80 Å². The van der Waals surface area contributed by atoms with Crippen LogP contribution in [0.3, 0.4) is 0 Å². The van der Waals surface area contributed by atoms with Crippen molar-refractivity contribution >= 4 is 0 Å². The normalized spacial score (nSPS) is 16.8. The number of hydrogen-bond acceptors (Lipinski definition) is 2. The molecule has 1 rings (SSSR count). The van der Waals surface area contributed by atoms with Crippen molar-refractivity contribution in [2.45, 2.75) is 0 Å². The van der Waals surface area contributed by atoms with Crippen LogP contribution >= 0.6 is 0 Å². The van der Waals surface area contributed by atoms with Crippen molar-refractivity contribution in [1.82, 2.24) is 9.80 Å². The lowest BCUT2D eigenvalue weighted by Crippen LogP contribution is -2.25. The summed E-state index contributed by atoms with van der Waals surface area (Å²) in [5.74, 6) is 1.16. The Kier molecular flexibility index (Phi) is 2.03. The van der Waals surface area contributed by atoms with E-state index >= 15 is 0 Å². The summed E-state index contributed by atoms with van der Waals surface area (Å²) in [5.41, 5.74) is 1.05. The molecule has 0 aliphatic carbocycles. The summed E-state index contributed by atoms with van der Waals surface area (Å²) < 4.78 is 0. The van der Waals surface area contributed by atoms with Gasteiger partial charge in [-0.3, -0.25) is 0 Å². The van der Waals surface area contributed by atoms with Crippen molar-refractivity contribution in [3.63, 3.8) is 0 Å². The Morgan fingerprint density at radius 1 is 1.45 bits per heavy atom. The molecule has 0 saturated carbocycles. The summed E-state index contributed by atoms with van der Waals surface area (Å²) in [4.78, 5) is 4.13. The molecule has 1 aliphatic heterocycles. The summed E-state index contributed by atoms with van der Waals surface area (Å²) >= 11 is 0. The van der Waals surface area contributed by atoms with Crippen molar-refractivity contribution in [1.29, 1.82) is 0 Å². The van der Waals surface area contributed by atoms with Gasteiger partial charge in [-0.05, 0) is 17.7 Å². The monoisotopic (exact) mass is 150 g/mol. The zero-order chi connectivity index (χ0) is 8.43. The molecule has 0 spiro atoms. The number of nitrogens with zero attached hydrogens (tertiary/aromatic N) is 2. The zero-order valence-electron chi connectivity index (χ0n) is 7.33. The molecule has 0 unspecified atom stereocenters. The van der Waals surface area contributed by atoms with Crippen LogP contribution in [-0.2, 0) is 0 Å². The molecule has 1 heterocycles. The molecule has 0 aromatic heterocycles. The molecule has 11 heavy (non-hydrogen) atoms. The van der Waals surface area contributed by atoms with Gasteiger partial charge in [-0.1, -0.05) is 6.58 Å². The lowest BCUT2D eigenvalue weighted by atomic mass is 10.2. The minimum absolute atomic E-state index is 1.05. The summed E-state index contributed by atoms with van der Waals surface area (Å²) in [6.07, 6.45) is 6.06. The average Bonchev–Trinajstić information content (AvgIpc) is 1.94. The van der Waals surface area contributed by atoms with Crippen LogP contribution in [0.15, 0.2) is 36.3 Å². The SMILES string of the molecule is C=C1C=CN(C)C(N(C)C)=C1. The van der Waals surface area contributed by atoms with Crippen LogP contribution < -0.4 is 0 Å². The maximum Gasteiger partial charge on any atom is 0.108 e. The molecule has 1 aliphatic rings. The minimum Gasteiger partial charge on any atom is -0.364 e. The third-order valence-corrected chi connectivity index (χ3v) is 1.65. The van der Waals surface area contributed by atoms with E-state index in [0.29, 0.717) is 0 Å². The van der Waals surface area contributed by atoms with E-state index in [1.807, 2.05) is 33.4 Å². The largest absolute Gasteiger partial charge is 0.364 e. The van der Waals surface area contributed by atoms with Crippen LogP contribution in [0, 0.1) is 0 Å². The third-order valence-electron chi connectivity index (χ3n) is 1.65. The van der Waals surface area contributed by atoms with Crippen LogP contribution in [-0.4, -0.2) is 30.9 Å². The first-order chi connectivity index (χ1) is 5.11. The van der Waals surface area contributed by atoms with Gasteiger partial charge in [-0.2, -0.15) is 0 Å². The van der Waals surface area contributed by atoms with E-state index in [-0.39, 0.29) is 0 Å². The van der Waals surface area contributed by atoms with E-state index in [9.17, 15) is 0 Å². The predicted molar refractivity (Wildman–Crippen MR) is 47.8 cm³/mol. The highest BCUT2D eigenvalue weighted by molar-refractivity contribution is 5.33. The second-order valence-corrected chi connectivity index (χ2v) is 2.90. The van der Waals surface area contributed by atoms with Crippen LogP contribution in [0.2, 0.25) is 0 Å². The maximum absolute atomic E-state index is 3.86. The Morgan fingerprint density at radius 2 is 2.09 bits per heavy atom. The van der Waals surface area contributed by atoms with Crippen molar-refractivity contribution in [3.05, 3.63) is 36.3 Å². The van der Waals surface area contributed by atoms with Gasteiger partial charge in [-0.25, -0.2) is 0 Å². The van der Waals surface area contributed by atoms with Crippen molar-refractivity contribution in [3.8, 4) is 0 Å². The van der Waals surface area contributed by atoms with Gasteiger partial charge in [0, 0.05) is 27.3 Å². The zero-order valence-corrected chi connectivity index (χ0v) is 7.33. The summed E-state index contributed by atoms with van der Waals surface area (Å²) in [6, 6.07) is 0. The predicted octanol–water partition coefficient (Wildman–Crippen LogP) is 1.40. The van der Waals surface area contributed by atoms with Gasteiger partial charge in [0.15, 0.2) is 0 Å². The first kappa shape index (κ1) is 7.92. The van der Waals surface area contributed by atoms with Crippen LogP contribution in [0.25, 0.3) is 0 Å². The fraction of sp³-hybridized carbons (Fsp3) is 0.333. The standard InChI is InChI=1S/C9H14N2/c1-8-5-6-11(4)9(7-8)10(2)3/h5-7H,1H2,2-4H3. The highest BCUT2D eigenvalue weighted by Crippen LogP contribution is 2.14. The summed E-state index contributed by atoms with van der Waals surface area (Å²) in [6.45, 7) is 3.86. The lowest BCUT2D eigenvalue weighted by Gasteiger charge is -2.27. The maximum atomic E-state index is 3.86. The summed E-state index contributed by atoms with van der Waals surface area (Å²) in [7, 11) is 6.07. The number of rotatable bonds is 1. The number of allylic oxidation sites excluding steroid dienone is 3. The van der Waals surface area contributed by atoms with Gasteiger partial charge in [-0.15, -0.1) is 0 Å². The Balaban J connectivity index is 2.85. The first-order valence-electron chi connectivity index (χ1n) is 3.60. The second-order valence-electron chi connectivity index (χ2n) is 2.90. The fourth-order valence-electron chi connectivity index (χ4n) is 1.04. The topological polar surface area (TPSA) is 6.48 Å². The van der Waals surface area contributed by atoms with Gasteiger partial charge >= 0.3 is 0 Å². The van der Waals surface area contributed by atoms with E-state index < -0.39 is 0 Å². The van der Waals surface area contributed by atoms with Crippen LogP contribution in [0.1, 0.15) is 0 Å². The molecule has 0 aromatic rings. The van der Waals surface area contributed by atoms with Crippen LogP contribution in [0.4, 0.5) is 0 Å². The number of hydrogen-bond donors (Lipinski definition) is 0. The van der Waals surface area contributed by atoms with Gasteiger partial charge in [0.05, 0.1) is 0 Å². The van der Waals surface area contributed by atoms with E-state index in [0.717, 1.165) is 11.4 Å². The molecular weight excluding hydrogens is 136 g/mol. The molecule has 2 heteroatoms. The molecule has 0 saturated heterocycles. The second kappa shape index (κ2) is 2.82. The summed E-state index contributed by atoms with van der Waals surface area (Å²) in [5, 5.41) is 0. The molecule has 60 valence electrons. The molecular formula is C9H14N2. The highest BCUT2D eigenvalue weighted by Gasteiger charge is 2.07. The molecule has 2 nitrogen and oxygen atoms in total. The molecule has 0 atom stereocenters. The Bertz CT molecular complexity index is 224. The van der Waals surface area contributed by atoms with E-state index in [1.54, 1.807) is 0 Å². The van der Waals surface area contributed by atoms with E-state index in [1.165, 1.54) is 0 Å². The fourth-order valence-corrected chi connectivity index (χ4v) is 1.04. The Labute approximate surface area is 68.1 Å². The molecule has 0 fully saturated rings. The quantitative estimate of drug-likeness (QED) is 0.557. The first-order valence-corrected chi connectivity index (χ1v) is 3.60. The average molecular weight is 150 g/mol. The molecule has 0 amide bonds. The smallest absolute Gasteiger partial charge is 0.108 e. The van der Waals surface area contributed by atoms with Crippen molar-refractivity contribution < 1.29 is 0 Å². The van der Waals surface area contributed by atoms with Crippen molar-refractivity contribution in [2.75, 3.05) is 21.1 Å². The van der Waals surface area contributed by atoms with Gasteiger partial charge in [0.25, 0.3) is 0 Å². The highest BCUT2D eigenvalue weighted by atomic mass is 15.3. The Hall–Kier alpha value is -1.18. The minimum atomic E-state index is 1.05. The lowest BCUT2D eigenvalue weighted by molar-refractivity contribution is 0.364. The van der Waals surface area contributed by atoms with E-state index in [2.05, 4.69) is 22.5 Å². The van der Waals surface area contributed by atoms with Gasteiger partial charge in [0.2, 0.25) is 0 Å². The van der Waals surface area contributed by atoms with Crippen molar-refractivity contribution in [2.24, 2.45) is 0 Å². The molecule has 0 aromatic carbocycles. The van der Waals surface area contributed by atoms with Gasteiger partial charge in [0.1, 0.15) is 5.82 Å². The molecule has 0 N–H and O–H groups in total. The Morgan fingerprint density at radius 3 is 2.55 bits per heavy atom.